The topological polar surface area (TPSA) is 122 Å². The van der Waals surface area contributed by atoms with Crippen LogP contribution in [0.2, 0.25) is 5.02 Å². The molecule has 9 nitrogen and oxygen atoms in total. The van der Waals surface area contributed by atoms with Gasteiger partial charge < -0.3 is 10.1 Å². The maximum Gasteiger partial charge on any atom is 0.311 e. The lowest BCUT2D eigenvalue weighted by molar-refractivity contribution is -0.152. The summed E-state index contributed by atoms with van der Waals surface area (Å²) in [6.45, 7) is 5.09. The maximum absolute atomic E-state index is 12.5. The van der Waals surface area contributed by atoms with Crippen LogP contribution in [0.1, 0.15) is 29.4 Å². The van der Waals surface area contributed by atoms with Crippen LogP contribution < -0.4 is 5.32 Å². The van der Waals surface area contributed by atoms with Crippen molar-refractivity contribution in [2.24, 2.45) is 0 Å². The van der Waals surface area contributed by atoms with Crippen molar-refractivity contribution in [1.29, 1.82) is 5.26 Å². The smallest absolute Gasteiger partial charge is 0.311 e. The number of aryl methyl sites for hydroxylation is 2. The van der Waals surface area contributed by atoms with Crippen molar-refractivity contribution in [3.8, 4) is 6.07 Å². The standard InChI is InChI=1S/C20H19ClN6O3S/c1-10-15(11(2)27-19(23-10)25-20(26-27)31-4)8-17(28)30-12(3)18(29)24-14-6-5-13(9-22)16(21)7-14/h5-7,12H,8H2,1-4H3,(H,24,29). The van der Waals surface area contributed by atoms with Crippen molar-refractivity contribution >= 4 is 46.7 Å². The molecule has 3 aromatic rings. The first-order valence-electron chi connectivity index (χ1n) is 9.20. The van der Waals surface area contributed by atoms with E-state index >= 15 is 0 Å². The van der Waals surface area contributed by atoms with Gasteiger partial charge in [0.25, 0.3) is 11.7 Å². The Morgan fingerprint density at radius 3 is 2.74 bits per heavy atom. The van der Waals surface area contributed by atoms with Gasteiger partial charge in [-0.25, -0.2) is 9.50 Å². The van der Waals surface area contributed by atoms with Gasteiger partial charge in [0.15, 0.2) is 6.10 Å². The van der Waals surface area contributed by atoms with Crippen LogP contribution in [0.3, 0.4) is 0 Å². The SMILES string of the molecule is CSc1nc2nc(C)c(CC(=O)OC(C)C(=O)Nc3ccc(C#N)c(Cl)c3)c(C)n2n1. The Bertz CT molecular complexity index is 1220. The highest BCUT2D eigenvalue weighted by Gasteiger charge is 2.21. The van der Waals surface area contributed by atoms with E-state index < -0.39 is 18.0 Å². The second-order valence-corrected chi connectivity index (χ2v) is 7.86. The Morgan fingerprint density at radius 2 is 2.10 bits per heavy atom. The highest BCUT2D eigenvalue weighted by atomic mass is 35.5. The van der Waals surface area contributed by atoms with E-state index in [1.165, 1.54) is 30.8 Å². The van der Waals surface area contributed by atoms with E-state index in [1.807, 2.05) is 19.2 Å². The third kappa shape index (κ3) is 4.95. The minimum absolute atomic E-state index is 0.0601. The molecule has 0 aliphatic carbocycles. The van der Waals surface area contributed by atoms with Crippen molar-refractivity contribution in [2.75, 3.05) is 11.6 Å². The van der Waals surface area contributed by atoms with Crippen molar-refractivity contribution in [3.63, 3.8) is 0 Å². The van der Waals surface area contributed by atoms with E-state index in [0.717, 1.165) is 5.69 Å². The molecule has 2 aromatic heterocycles. The third-order valence-electron chi connectivity index (χ3n) is 4.57. The summed E-state index contributed by atoms with van der Waals surface area (Å²) in [6, 6.07) is 6.44. The Morgan fingerprint density at radius 1 is 1.35 bits per heavy atom. The molecular weight excluding hydrogens is 440 g/mol. The second-order valence-electron chi connectivity index (χ2n) is 6.68. The summed E-state index contributed by atoms with van der Waals surface area (Å²) in [6.07, 6.45) is 0.775. The molecule has 0 aliphatic heterocycles. The van der Waals surface area contributed by atoms with Gasteiger partial charge in [0.05, 0.1) is 17.0 Å². The molecule has 0 radical (unpaired) electrons. The van der Waals surface area contributed by atoms with Crippen molar-refractivity contribution < 1.29 is 14.3 Å². The normalized spacial score (nSPS) is 11.7. The predicted octanol–water partition coefficient (Wildman–Crippen LogP) is 3.10. The molecule has 0 aliphatic rings. The summed E-state index contributed by atoms with van der Waals surface area (Å²) < 4.78 is 6.89. The molecule has 1 N–H and O–H groups in total. The number of rotatable bonds is 6. The van der Waals surface area contributed by atoms with Crippen LogP contribution in [0.4, 0.5) is 5.69 Å². The summed E-state index contributed by atoms with van der Waals surface area (Å²) in [5, 5.41) is 16.7. The average Bonchev–Trinajstić information content (AvgIpc) is 3.14. The fourth-order valence-electron chi connectivity index (χ4n) is 2.90. The van der Waals surface area contributed by atoms with Gasteiger partial charge in [-0.05, 0) is 45.2 Å². The number of carbonyl (C=O) groups excluding carboxylic acids is 2. The van der Waals surface area contributed by atoms with Crippen molar-refractivity contribution in [3.05, 3.63) is 45.7 Å². The fraction of sp³-hybridized carbons (Fsp3) is 0.300. The van der Waals surface area contributed by atoms with E-state index in [9.17, 15) is 9.59 Å². The summed E-state index contributed by atoms with van der Waals surface area (Å²) in [4.78, 5) is 33.6. The number of amides is 1. The number of nitriles is 1. The van der Waals surface area contributed by atoms with Gasteiger partial charge in [0, 0.05) is 22.6 Å². The molecule has 1 amide bonds. The fourth-order valence-corrected chi connectivity index (χ4v) is 3.46. The number of hydrogen-bond donors (Lipinski definition) is 1. The number of fused-ring (bicyclic) bond motifs is 1. The molecule has 2 heterocycles. The second kappa shape index (κ2) is 9.32. The average molecular weight is 459 g/mol. The third-order valence-corrected chi connectivity index (χ3v) is 5.42. The van der Waals surface area contributed by atoms with Crippen LogP contribution in [-0.4, -0.2) is 43.8 Å². The lowest BCUT2D eigenvalue weighted by atomic mass is 10.1. The number of anilines is 1. The van der Waals surface area contributed by atoms with Gasteiger partial charge in [-0.15, -0.1) is 5.10 Å². The summed E-state index contributed by atoms with van der Waals surface area (Å²) in [5.41, 5.74) is 2.74. The number of thioether (sulfide) groups is 1. The van der Waals surface area contributed by atoms with Gasteiger partial charge in [0.2, 0.25) is 5.16 Å². The molecule has 11 heteroatoms. The molecule has 3 rings (SSSR count). The van der Waals surface area contributed by atoms with E-state index in [2.05, 4.69) is 20.4 Å². The molecule has 1 atom stereocenters. The van der Waals surface area contributed by atoms with Crippen LogP contribution in [0.5, 0.6) is 0 Å². The van der Waals surface area contributed by atoms with E-state index in [-0.39, 0.29) is 11.4 Å². The number of nitrogens with zero attached hydrogens (tertiary/aromatic N) is 5. The van der Waals surface area contributed by atoms with Gasteiger partial charge >= 0.3 is 5.97 Å². The monoisotopic (exact) mass is 458 g/mol. The molecule has 0 bridgehead atoms. The van der Waals surface area contributed by atoms with Crippen LogP contribution in [0, 0.1) is 25.2 Å². The molecule has 0 saturated heterocycles. The number of ether oxygens (including phenoxy) is 1. The number of nitrogens with one attached hydrogen (secondary N) is 1. The van der Waals surface area contributed by atoms with Crippen molar-refractivity contribution in [2.45, 2.75) is 38.5 Å². The zero-order valence-electron chi connectivity index (χ0n) is 17.3. The van der Waals surface area contributed by atoms with E-state index in [1.54, 1.807) is 17.5 Å². The highest BCUT2D eigenvalue weighted by Crippen LogP contribution is 2.21. The zero-order valence-corrected chi connectivity index (χ0v) is 18.8. The molecule has 0 spiro atoms. The number of benzene rings is 1. The largest absolute Gasteiger partial charge is 0.452 e. The maximum atomic E-state index is 12.5. The molecule has 160 valence electrons. The summed E-state index contributed by atoms with van der Waals surface area (Å²) >= 11 is 7.37. The predicted molar refractivity (Wildman–Crippen MR) is 116 cm³/mol. The Labute approximate surface area is 187 Å². The molecule has 0 saturated carbocycles. The molecular formula is C20H19ClN6O3S. The first kappa shape index (κ1) is 22.5. The summed E-state index contributed by atoms with van der Waals surface area (Å²) in [7, 11) is 0. The van der Waals surface area contributed by atoms with Gasteiger partial charge in [-0.3, -0.25) is 9.59 Å². The van der Waals surface area contributed by atoms with Crippen molar-refractivity contribution in [1.82, 2.24) is 19.6 Å². The Kier molecular flexibility index (Phi) is 6.77. The molecule has 0 fully saturated rings. The number of halogens is 1. The number of carbonyl (C=O) groups is 2. The van der Waals surface area contributed by atoms with E-state index in [4.69, 9.17) is 21.6 Å². The van der Waals surface area contributed by atoms with Gasteiger partial charge in [-0.1, -0.05) is 23.4 Å². The Balaban J connectivity index is 1.68. The summed E-state index contributed by atoms with van der Waals surface area (Å²) in [5.74, 6) is -0.625. The number of hydrogen-bond acceptors (Lipinski definition) is 8. The molecule has 1 unspecified atom stereocenters. The molecule has 31 heavy (non-hydrogen) atoms. The Hall–Kier alpha value is -3.16. The zero-order chi connectivity index (χ0) is 22.7. The molecule has 1 aromatic carbocycles. The number of esters is 1. The van der Waals surface area contributed by atoms with Gasteiger partial charge in [-0.2, -0.15) is 10.2 Å². The van der Waals surface area contributed by atoms with Crippen LogP contribution in [0.15, 0.2) is 23.4 Å². The first-order chi connectivity index (χ1) is 14.7. The highest BCUT2D eigenvalue weighted by molar-refractivity contribution is 7.98. The van der Waals surface area contributed by atoms with Crippen LogP contribution in [-0.2, 0) is 20.7 Å². The van der Waals surface area contributed by atoms with Crippen LogP contribution in [0.25, 0.3) is 5.78 Å². The first-order valence-corrected chi connectivity index (χ1v) is 10.8. The number of aromatic nitrogens is 4. The minimum Gasteiger partial charge on any atom is -0.452 e. The lowest BCUT2D eigenvalue weighted by Crippen LogP contribution is -2.30. The van der Waals surface area contributed by atoms with Crippen LogP contribution >= 0.6 is 23.4 Å². The lowest BCUT2D eigenvalue weighted by Gasteiger charge is -2.15. The van der Waals surface area contributed by atoms with E-state index in [0.29, 0.717) is 33.4 Å². The van der Waals surface area contributed by atoms with Gasteiger partial charge in [0.1, 0.15) is 6.07 Å². The quantitative estimate of drug-likeness (QED) is 0.441. The minimum atomic E-state index is -1.03.